The molecule has 1 unspecified atom stereocenters. The predicted molar refractivity (Wildman–Crippen MR) is 140 cm³/mol. The minimum atomic E-state index is -9.17. The summed E-state index contributed by atoms with van der Waals surface area (Å²) in [6.45, 7) is 5.55. The number of halogens is 21. The van der Waals surface area contributed by atoms with Crippen LogP contribution < -0.4 is 5.19 Å². The summed E-state index contributed by atoms with van der Waals surface area (Å²) in [5.41, 5.74) is 0.616. The molecule has 292 valence electrons. The van der Waals surface area contributed by atoms with E-state index in [1.807, 2.05) is 0 Å². The van der Waals surface area contributed by atoms with Crippen molar-refractivity contribution < 1.29 is 92.2 Å². The second-order valence-corrected chi connectivity index (χ2v) is 17.7. The van der Waals surface area contributed by atoms with Crippen molar-refractivity contribution in [1.82, 2.24) is 4.90 Å². The molecule has 1 aliphatic heterocycles. The Morgan fingerprint density at radius 1 is 0.600 bits per heavy atom. The summed E-state index contributed by atoms with van der Waals surface area (Å²) in [4.78, 5) is 2.31. The summed E-state index contributed by atoms with van der Waals surface area (Å²) in [5.74, 6) is -76.8. The van der Waals surface area contributed by atoms with Gasteiger partial charge in [-0.2, -0.15) is 92.2 Å². The fraction of sp³-hybridized carbons (Fsp3) is 0.769. The van der Waals surface area contributed by atoms with Crippen LogP contribution in [0.5, 0.6) is 0 Å². The zero-order valence-corrected chi connectivity index (χ0v) is 27.3. The Balaban J connectivity index is 2.46. The average molecular weight is 812 g/mol. The smallest absolute Gasteiger partial charge is 0.297 e. The molecular formula is C26H26F21NSSi. The minimum absolute atomic E-state index is 0.126. The lowest BCUT2D eigenvalue weighted by molar-refractivity contribution is -0.474. The fourth-order valence-electron chi connectivity index (χ4n) is 5.01. The molecule has 2 rings (SSSR count). The highest BCUT2D eigenvalue weighted by Crippen LogP contribution is 2.66. The Kier molecular flexibility index (Phi) is 11.5. The Bertz CT molecular complexity index is 1370. The average Bonchev–Trinajstić information content (AvgIpc) is 3.49. The molecule has 0 amide bonds. The van der Waals surface area contributed by atoms with Gasteiger partial charge < -0.3 is 0 Å². The van der Waals surface area contributed by atoms with Crippen molar-refractivity contribution in [2.24, 2.45) is 0 Å². The second kappa shape index (κ2) is 13.0. The van der Waals surface area contributed by atoms with E-state index in [0.29, 0.717) is 5.56 Å². The topological polar surface area (TPSA) is 3.24 Å². The van der Waals surface area contributed by atoms with Gasteiger partial charge in [0.1, 0.15) is 0 Å². The summed E-state index contributed by atoms with van der Waals surface area (Å²) >= 11 is 4.30. The molecule has 1 saturated heterocycles. The maximum absolute atomic E-state index is 14.6. The normalized spacial score (nSPS) is 18.2. The van der Waals surface area contributed by atoms with Gasteiger partial charge in [-0.05, 0) is 50.5 Å². The number of nitrogens with zero attached hydrogens (tertiary/aromatic N) is 1. The predicted octanol–water partition coefficient (Wildman–Crippen LogP) is 10.7. The lowest BCUT2D eigenvalue weighted by Crippen LogP contribution is -2.76. The second-order valence-electron chi connectivity index (χ2n) is 12.4. The van der Waals surface area contributed by atoms with Crippen molar-refractivity contribution in [2.45, 2.75) is 116 Å². The van der Waals surface area contributed by atoms with Crippen LogP contribution in [0.4, 0.5) is 92.2 Å². The first-order chi connectivity index (χ1) is 21.8. The Morgan fingerprint density at radius 2 is 0.960 bits per heavy atom. The monoisotopic (exact) mass is 811 g/mol. The molecule has 1 aromatic carbocycles. The number of likely N-dealkylation sites (tertiary alicyclic amines) is 1. The molecule has 1 nitrogen and oxygen atoms in total. The highest BCUT2D eigenvalue weighted by Gasteiger charge is 2.97. The maximum atomic E-state index is 14.6. The zero-order chi connectivity index (χ0) is 39.8. The number of benzene rings is 1. The van der Waals surface area contributed by atoms with Crippen LogP contribution >= 0.6 is 12.6 Å². The lowest BCUT2D eigenvalue weighted by Gasteiger charge is -2.44. The van der Waals surface area contributed by atoms with Crippen molar-refractivity contribution in [1.29, 1.82) is 0 Å². The summed E-state index contributed by atoms with van der Waals surface area (Å²) < 4.78 is 287. The van der Waals surface area contributed by atoms with Crippen LogP contribution in [0, 0.1) is 0 Å². The van der Waals surface area contributed by atoms with E-state index < -0.39 is 80.0 Å². The summed E-state index contributed by atoms with van der Waals surface area (Å²) in [5, 5.41) is 0.126. The van der Waals surface area contributed by atoms with E-state index in [-0.39, 0.29) is 16.1 Å². The molecule has 0 N–H and O–H groups in total. The highest BCUT2D eigenvalue weighted by molar-refractivity contribution is 7.80. The first kappa shape index (κ1) is 44.4. The third-order valence-electron chi connectivity index (χ3n) is 8.59. The number of rotatable bonds is 14. The molecule has 0 saturated carbocycles. The molecule has 0 aliphatic carbocycles. The van der Waals surface area contributed by atoms with Gasteiger partial charge in [0.15, 0.2) is 0 Å². The van der Waals surface area contributed by atoms with Gasteiger partial charge in [-0.25, -0.2) is 0 Å². The number of alkyl halides is 21. The van der Waals surface area contributed by atoms with Gasteiger partial charge >= 0.3 is 59.5 Å². The van der Waals surface area contributed by atoms with Crippen LogP contribution in [-0.2, 0) is 0 Å². The first-order valence-corrected chi connectivity index (χ1v) is 17.5. The van der Waals surface area contributed by atoms with Crippen LogP contribution in [0.25, 0.3) is 0 Å². The van der Waals surface area contributed by atoms with E-state index in [1.165, 1.54) is 18.2 Å². The Hall–Kier alpha value is -1.72. The van der Waals surface area contributed by atoms with E-state index in [4.69, 9.17) is 0 Å². The van der Waals surface area contributed by atoms with Crippen molar-refractivity contribution in [3.8, 4) is 0 Å². The van der Waals surface area contributed by atoms with Gasteiger partial charge in [-0.15, -0.1) is 12.6 Å². The van der Waals surface area contributed by atoms with Crippen molar-refractivity contribution in [3.05, 3.63) is 23.8 Å². The quantitative estimate of drug-likeness (QED) is 0.111. The van der Waals surface area contributed by atoms with Gasteiger partial charge in [0, 0.05) is 17.4 Å². The number of hydrogen-bond acceptors (Lipinski definition) is 2. The number of hydrogen-bond donors (Lipinski definition) is 1. The van der Waals surface area contributed by atoms with E-state index in [0.717, 1.165) is 39.0 Å². The van der Waals surface area contributed by atoms with Crippen molar-refractivity contribution >= 4 is 25.9 Å². The third kappa shape index (κ3) is 6.56. The molecule has 50 heavy (non-hydrogen) atoms. The zero-order valence-electron chi connectivity index (χ0n) is 25.4. The Morgan fingerprint density at radius 3 is 1.32 bits per heavy atom. The van der Waals surface area contributed by atoms with Crippen LogP contribution in [0.15, 0.2) is 23.1 Å². The third-order valence-corrected chi connectivity index (χ3v) is 12.4. The van der Waals surface area contributed by atoms with Gasteiger partial charge in [0.25, 0.3) is 0 Å². The van der Waals surface area contributed by atoms with Gasteiger partial charge in [0.05, 0.1) is 8.07 Å². The molecule has 0 spiro atoms. The van der Waals surface area contributed by atoms with Crippen molar-refractivity contribution in [3.63, 3.8) is 0 Å². The van der Waals surface area contributed by atoms with Crippen LogP contribution in [0.2, 0.25) is 19.1 Å². The van der Waals surface area contributed by atoms with Crippen molar-refractivity contribution in [2.75, 3.05) is 13.1 Å². The van der Waals surface area contributed by atoms with Crippen LogP contribution in [0.3, 0.4) is 0 Å². The van der Waals surface area contributed by atoms with E-state index in [1.54, 1.807) is 6.92 Å². The van der Waals surface area contributed by atoms with E-state index >= 15 is 0 Å². The van der Waals surface area contributed by atoms with E-state index in [9.17, 15) is 92.2 Å². The largest absolute Gasteiger partial charge is 0.460 e. The standard InChI is InChI=1S/C26H26F21NSSi/c1-13(48-9-4-5-10-48)15-7-6-14(12-16(15)49)50(2,3)11-8-17(27,28)18(29,30)19(31,32)20(33,34)21(35,36)22(37,38)23(39,40)24(41,42)25(43,44)26(45,46)47/h6-7,12-13,49H,4-5,8-11H2,1-3H3. The summed E-state index contributed by atoms with van der Waals surface area (Å²) in [6, 6.07) is 2.62. The van der Waals surface area contributed by atoms with Gasteiger partial charge in [0.2, 0.25) is 0 Å². The minimum Gasteiger partial charge on any atom is -0.297 e. The molecule has 0 aromatic heterocycles. The lowest BCUT2D eigenvalue weighted by atomic mass is 9.86. The Labute approximate surface area is 275 Å². The summed E-state index contributed by atoms with van der Waals surface area (Å²) in [7, 11) is -3.56. The fourth-order valence-corrected chi connectivity index (χ4v) is 7.82. The van der Waals surface area contributed by atoms with E-state index in [2.05, 4.69) is 17.5 Å². The molecule has 1 aromatic rings. The molecule has 1 atom stereocenters. The molecule has 0 bridgehead atoms. The van der Waals surface area contributed by atoms with Crippen LogP contribution in [-0.4, -0.2) is 85.5 Å². The molecular weight excluding hydrogens is 785 g/mol. The van der Waals surface area contributed by atoms with Crippen LogP contribution in [0.1, 0.15) is 37.8 Å². The first-order valence-electron chi connectivity index (χ1n) is 13.9. The summed E-state index contributed by atoms with van der Waals surface area (Å²) in [6.07, 6.45) is -8.83. The molecule has 1 fully saturated rings. The molecule has 0 radical (unpaired) electrons. The van der Waals surface area contributed by atoms with Gasteiger partial charge in [-0.3, -0.25) is 4.90 Å². The van der Waals surface area contributed by atoms with Gasteiger partial charge in [-0.1, -0.05) is 30.4 Å². The highest BCUT2D eigenvalue weighted by atomic mass is 32.1. The number of thiol groups is 1. The molecule has 1 aliphatic rings. The molecule has 24 heteroatoms. The maximum Gasteiger partial charge on any atom is 0.460 e. The molecule has 1 heterocycles. The SMILES string of the molecule is CC(c1ccc([Si](C)(C)CCC(F)(F)C(F)(F)C(F)(F)C(F)(F)C(F)(F)C(F)(F)C(F)(F)C(F)(F)C(F)(F)C(F)(F)F)cc1S)N1CCCC1.